The summed E-state index contributed by atoms with van der Waals surface area (Å²) >= 11 is 1.62. The van der Waals surface area contributed by atoms with E-state index in [-0.39, 0.29) is 18.2 Å². The van der Waals surface area contributed by atoms with Crippen LogP contribution in [0.3, 0.4) is 0 Å². The minimum atomic E-state index is -0.181. The number of thioether (sulfide) groups is 1. The molecule has 4 N–H and O–H groups in total. The molecule has 0 saturated heterocycles. The molecule has 0 aliphatic carbocycles. The van der Waals surface area contributed by atoms with Crippen molar-refractivity contribution in [1.29, 1.82) is 0 Å². The first kappa shape index (κ1) is 14.3. The number of carbonyl (C=O) groups is 1. The number of nitrogens with two attached hydrogens (primary N) is 1. The van der Waals surface area contributed by atoms with Gasteiger partial charge in [-0.1, -0.05) is 0 Å². The van der Waals surface area contributed by atoms with Gasteiger partial charge in [0.1, 0.15) is 5.75 Å². The molecule has 0 unspecified atom stereocenters. The Balaban J connectivity index is 2.02. The number of hydrogen-bond donors (Lipinski definition) is 3. The van der Waals surface area contributed by atoms with Crippen LogP contribution in [0.25, 0.3) is 0 Å². The van der Waals surface area contributed by atoms with E-state index in [1.54, 1.807) is 36.0 Å². The number of phenolic OH excluding ortho intramolecular Hbond substituents is 1. The standard InChI is InChI=1S/C15H16N2O2S/c1-20-13-5-2-10(3-6-13)15(19)17-9-11-8-12(16)4-7-14(11)18/h2-8,18H,9,16H2,1H3,(H,17,19). The molecular formula is C15H16N2O2S. The third-order valence-corrected chi connectivity index (χ3v) is 3.64. The average Bonchev–Trinajstić information content (AvgIpc) is 2.48. The molecule has 2 aromatic rings. The van der Waals surface area contributed by atoms with Gasteiger partial charge in [-0.2, -0.15) is 0 Å². The molecule has 0 aliphatic rings. The normalized spacial score (nSPS) is 10.2. The largest absolute Gasteiger partial charge is 0.508 e. The van der Waals surface area contributed by atoms with Crippen LogP contribution in [0, 0.1) is 0 Å². The lowest BCUT2D eigenvalue weighted by atomic mass is 10.1. The second-order valence-corrected chi connectivity index (χ2v) is 5.18. The van der Waals surface area contributed by atoms with Crippen LogP contribution in [0.2, 0.25) is 0 Å². The Hall–Kier alpha value is -2.14. The summed E-state index contributed by atoms with van der Waals surface area (Å²) in [5.74, 6) is -0.0586. The van der Waals surface area contributed by atoms with E-state index in [1.165, 1.54) is 6.07 Å². The molecule has 0 saturated carbocycles. The summed E-state index contributed by atoms with van der Waals surface area (Å²) in [5.41, 5.74) is 7.39. The minimum absolute atomic E-state index is 0.122. The van der Waals surface area contributed by atoms with Crippen molar-refractivity contribution in [3.63, 3.8) is 0 Å². The van der Waals surface area contributed by atoms with Gasteiger partial charge in [0.15, 0.2) is 0 Å². The molecule has 0 fully saturated rings. The highest BCUT2D eigenvalue weighted by Crippen LogP contribution is 2.19. The van der Waals surface area contributed by atoms with Gasteiger partial charge in [0.25, 0.3) is 5.91 Å². The summed E-state index contributed by atoms with van der Waals surface area (Å²) in [6.07, 6.45) is 1.98. The number of aromatic hydroxyl groups is 1. The minimum Gasteiger partial charge on any atom is -0.508 e. The quantitative estimate of drug-likeness (QED) is 0.459. The van der Waals surface area contributed by atoms with Crippen molar-refractivity contribution in [2.45, 2.75) is 11.4 Å². The highest BCUT2D eigenvalue weighted by atomic mass is 32.2. The van der Waals surface area contributed by atoms with Crippen molar-refractivity contribution in [3.8, 4) is 5.75 Å². The number of amides is 1. The van der Waals surface area contributed by atoms with E-state index in [4.69, 9.17) is 5.73 Å². The van der Waals surface area contributed by atoms with Gasteiger partial charge in [-0.3, -0.25) is 4.79 Å². The van der Waals surface area contributed by atoms with E-state index in [1.807, 2.05) is 18.4 Å². The Morgan fingerprint density at radius 3 is 2.60 bits per heavy atom. The number of nitrogen functional groups attached to an aromatic ring is 1. The van der Waals surface area contributed by atoms with Crippen molar-refractivity contribution in [3.05, 3.63) is 53.6 Å². The molecule has 5 heteroatoms. The van der Waals surface area contributed by atoms with E-state index < -0.39 is 0 Å². The van der Waals surface area contributed by atoms with Crippen LogP contribution >= 0.6 is 11.8 Å². The first-order valence-corrected chi connectivity index (χ1v) is 7.32. The molecule has 0 atom stereocenters. The van der Waals surface area contributed by atoms with Crippen LogP contribution in [-0.2, 0) is 6.54 Å². The smallest absolute Gasteiger partial charge is 0.251 e. The fourth-order valence-electron chi connectivity index (χ4n) is 1.77. The molecule has 0 bridgehead atoms. The SMILES string of the molecule is CSc1ccc(C(=O)NCc2cc(N)ccc2O)cc1. The molecule has 1 amide bonds. The van der Waals surface area contributed by atoms with Crippen LogP contribution in [0.1, 0.15) is 15.9 Å². The highest BCUT2D eigenvalue weighted by molar-refractivity contribution is 7.98. The zero-order chi connectivity index (χ0) is 14.5. The summed E-state index contributed by atoms with van der Waals surface area (Å²) in [4.78, 5) is 13.1. The molecule has 0 radical (unpaired) electrons. The first-order valence-electron chi connectivity index (χ1n) is 6.10. The van der Waals surface area contributed by atoms with Gasteiger partial charge >= 0.3 is 0 Å². The van der Waals surface area contributed by atoms with Gasteiger partial charge in [0.05, 0.1) is 0 Å². The van der Waals surface area contributed by atoms with Gasteiger partial charge in [-0.25, -0.2) is 0 Å². The van der Waals surface area contributed by atoms with E-state index in [2.05, 4.69) is 5.32 Å². The Kier molecular flexibility index (Phi) is 4.53. The number of hydrogen-bond acceptors (Lipinski definition) is 4. The van der Waals surface area contributed by atoms with Crippen molar-refractivity contribution >= 4 is 23.4 Å². The maximum atomic E-state index is 12.0. The summed E-state index contributed by atoms with van der Waals surface area (Å²) in [5, 5.41) is 12.4. The van der Waals surface area contributed by atoms with Crippen molar-refractivity contribution in [1.82, 2.24) is 5.32 Å². The molecule has 104 valence electrons. The Morgan fingerprint density at radius 1 is 1.25 bits per heavy atom. The lowest BCUT2D eigenvalue weighted by Gasteiger charge is -2.08. The fraction of sp³-hybridized carbons (Fsp3) is 0.133. The van der Waals surface area contributed by atoms with Crippen molar-refractivity contribution < 1.29 is 9.90 Å². The number of nitrogens with one attached hydrogen (secondary N) is 1. The Morgan fingerprint density at radius 2 is 1.95 bits per heavy atom. The molecule has 0 spiro atoms. The van der Waals surface area contributed by atoms with Crippen LogP contribution in [0.4, 0.5) is 5.69 Å². The van der Waals surface area contributed by atoms with Crippen LogP contribution in [0.5, 0.6) is 5.75 Å². The number of rotatable bonds is 4. The molecule has 0 heterocycles. The van der Waals surface area contributed by atoms with E-state index in [0.717, 1.165) is 4.90 Å². The monoisotopic (exact) mass is 288 g/mol. The molecule has 2 aromatic carbocycles. The van der Waals surface area contributed by atoms with Gasteiger partial charge in [-0.15, -0.1) is 11.8 Å². The molecule has 0 aliphatic heterocycles. The number of carbonyl (C=O) groups excluding carboxylic acids is 1. The second kappa shape index (κ2) is 6.34. The molecule has 4 nitrogen and oxygen atoms in total. The predicted molar refractivity (Wildman–Crippen MR) is 81.9 cm³/mol. The maximum Gasteiger partial charge on any atom is 0.251 e. The number of anilines is 1. The highest BCUT2D eigenvalue weighted by Gasteiger charge is 2.07. The van der Waals surface area contributed by atoms with Gasteiger partial charge in [0.2, 0.25) is 0 Å². The third kappa shape index (κ3) is 3.45. The van der Waals surface area contributed by atoms with Crippen molar-refractivity contribution in [2.24, 2.45) is 0 Å². The number of phenols is 1. The average molecular weight is 288 g/mol. The molecule has 2 rings (SSSR count). The van der Waals surface area contributed by atoms with E-state index >= 15 is 0 Å². The third-order valence-electron chi connectivity index (χ3n) is 2.90. The maximum absolute atomic E-state index is 12.0. The second-order valence-electron chi connectivity index (χ2n) is 4.30. The van der Waals surface area contributed by atoms with Gasteiger partial charge in [0, 0.05) is 28.3 Å². The lowest BCUT2D eigenvalue weighted by molar-refractivity contribution is 0.0950. The Bertz CT molecular complexity index is 612. The van der Waals surface area contributed by atoms with Crippen LogP contribution in [-0.4, -0.2) is 17.3 Å². The topological polar surface area (TPSA) is 75.4 Å². The predicted octanol–water partition coefficient (Wildman–Crippen LogP) is 2.63. The van der Waals surface area contributed by atoms with Crippen LogP contribution < -0.4 is 11.1 Å². The molecule has 0 aromatic heterocycles. The summed E-state index contributed by atoms with van der Waals surface area (Å²) in [7, 11) is 0. The van der Waals surface area contributed by atoms with Crippen LogP contribution in [0.15, 0.2) is 47.4 Å². The zero-order valence-corrected chi connectivity index (χ0v) is 11.9. The fourth-order valence-corrected chi connectivity index (χ4v) is 2.18. The molecular weight excluding hydrogens is 272 g/mol. The Labute approximate surface area is 122 Å². The lowest BCUT2D eigenvalue weighted by Crippen LogP contribution is -2.22. The summed E-state index contributed by atoms with van der Waals surface area (Å²) < 4.78 is 0. The molecule has 20 heavy (non-hydrogen) atoms. The summed E-state index contributed by atoms with van der Waals surface area (Å²) in [6.45, 7) is 0.236. The number of benzene rings is 2. The zero-order valence-electron chi connectivity index (χ0n) is 11.1. The van der Waals surface area contributed by atoms with Gasteiger partial charge < -0.3 is 16.2 Å². The van der Waals surface area contributed by atoms with E-state index in [0.29, 0.717) is 16.8 Å². The summed E-state index contributed by atoms with van der Waals surface area (Å²) in [6, 6.07) is 12.1. The van der Waals surface area contributed by atoms with Crippen molar-refractivity contribution in [2.75, 3.05) is 12.0 Å². The van der Waals surface area contributed by atoms with Gasteiger partial charge in [-0.05, 0) is 48.7 Å². The first-order chi connectivity index (χ1) is 9.60. The van der Waals surface area contributed by atoms with E-state index in [9.17, 15) is 9.90 Å².